The van der Waals surface area contributed by atoms with Gasteiger partial charge in [-0.15, -0.1) is 0 Å². The molecule has 1 aliphatic heterocycles. The number of likely N-dealkylation sites (N-methyl/N-ethyl adjacent to an activating group) is 1. The Morgan fingerprint density at radius 2 is 1.94 bits per heavy atom. The molecule has 1 rings (SSSR count). The molecule has 7 nitrogen and oxygen atoms in total. The van der Waals surface area contributed by atoms with Crippen molar-refractivity contribution in [3.8, 4) is 0 Å². The Kier molecular flexibility index (Phi) is 3.54. The summed E-state index contributed by atoms with van der Waals surface area (Å²) in [6, 6.07) is 0. The molecule has 0 aromatic heterocycles. The van der Waals surface area contributed by atoms with E-state index in [0.29, 0.717) is 0 Å². The third-order valence-corrected chi connectivity index (χ3v) is 3.57. The highest BCUT2D eigenvalue weighted by atomic mass is 16.7. The maximum absolute atomic E-state index is 12.0. The molecule has 0 unspecified atom stereocenters. The quantitative estimate of drug-likeness (QED) is 0.554. The van der Waals surface area contributed by atoms with E-state index in [4.69, 9.17) is 4.74 Å². The zero-order chi connectivity index (χ0) is 14.1. The minimum Gasteiger partial charge on any atom is -0.463 e. The smallest absolute Gasteiger partial charge is 0.433 e. The van der Waals surface area contributed by atoms with Gasteiger partial charge in [0.1, 0.15) is 5.60 Å². The lowest BCUT2D eigenvalue weighted by molar-refractivity contribution is -0.150. The highest BCUT2D eigenvalue weighted by Crippen LogP contribution is 2.34. The van der Waals surface area contributed by atoms with Gasteiger partial charge in [0, 0.05) is 14.1 Å². The van der Waals surface area contributed by atoms with E-state index in [1.807, 2.05) is 27.7 Å². The number of rotatable bonds is 1. The Balaban J connectivity index is 2.98. The first-order valence-corrected chi connectivity index (χ1v) is 5.57. The predicted molar refractivity (Wildman–Crippen MR) is 65.0 cm³/mol. The summed E-state index contributed by atoms with van der Waals surface area (Å²) in [7, 11) is 3.05. The highest BCUT2D eigenvalue weighted by molar-refractivity contribution is 6.35. The van der Waals surface area contributed by atoms with Crippen LogP contribution < -0.4 is 5.32 Å². The van der Waals surface area contributed by atoms with Crippen LogP contribution in [0.1, 0.15) is 27.7 Å². The Morgan fingerprint density at radius 3 is 2.44 bits per heavy atom. The second kappa shape index (κ2) is 4.47. The number of hydrogen-bond donors (Lipinski definition) is 1. The summed E-state index contributed by atoms with van der Waals surface area (Å²) in [6.45, 7) is 7.46. The third-order valence-electron chi connectivity index (χ3n) is 3.57. The number of carbonyl (C=O) groups is 2. The molecule has 18 heavy (non-hydrogen) atoms. The fourth-order valence-electron chi connectivity index (χ4n) is 1.40. The van der Waals surface area contributed by atoms with Crippen molar-refractivity contribution in [2.24, 2.45) is 5.16 Å². The number of nitrogens with one attached hydrogen (secondary N) is 1. The molecule has 1 aliphatic rings. The van der Waals surface area contributed by atoms with Crippen molar-refractivity contribution in [3.05, 3.63) is 0 Å². The lowest BCUT2D eigenvalue weighted by Crippen LogP contribution is -2.66. The molecule has 1 heterocycles. The fraction of sp³-hybridized carbons (Fsp3) is 0.727. The molecule has 0 aliphatic carbocycles. The number of ether oxygens (including phenoxy) is 1. The summed E-state index contributed by atoms with van der Waals surface area (Å²) in [6.07, 6.45) is -0.760. The standard InChI is InChI=1S/C11H19N3O4/c1-10(2)11(3,4)17-7(8(15)14(10)6)13-18-9(16)12-5/h1-6H3,(H,12,16). The first kappa shape index (κ1) is 14.3. The van der Waals surface area contributed by atoms with Gasteiger partial charge in [0.15, 0.2) is 0 Å². The van der Waals surface area contributed by atoms with Gasteiger partial charge in [0.05, 0.1) is 5.54 Å². The molecule has 0 aromatic rings. The van der Waals surface area contributed by atoms with Crippen molar-refractivity contribution in [1.82, 2.24) is 10.2 Å². The summed E-state index contributed by atoms with van der Waals surface area (Å²) < 4.78 is 5.52. The van der Waals surface area contributed by atoms with Crippen molar-refractivity contribution in [2.45, 2.75) is 38.8 Å². The lowest BCUT2D eigenvalue weighted by Gasteiger charge is -2.50. The summed E-state index contributed by atoms with van der Waals surface area (Å²) >= 11 is 0. The summed E-state index contributed by atoms with van der Waals surface area (Å²) in [4.78, 5) is 28.9. The van der Waals surface area contributed by atoms with Gasteiger partial charge in [0.25, 0.3) is 0 Å². The largest absolute Gasteiger partial charge is 0.463 e. The molecule has 7 heteroatoms. The number of oxime groups is 1. The van der Waals surface area contributed by atoms with E-state index in [0.717, 1.165) is 0 Å². The highest BCUT2D eigenvalue weighted by Gasteiger charge is 2.51. The van der Waals surface area contributed by atoms with E-state index in [1.54, 1.807) is 7.05 Å². The molecule has 0 bridgehead atoms. The van der Waals surface area contributed by atoms with Crippen LogP contribution in [0.4, 0.5) is 4.79 Å². The maximum Gasteiger partial charge on any atom is 0.433 e. The fourth-order valence-corrected chi connectivity index (χ4v) is 1.40. The molecule has 0 spiro atoms. The zero-order valence-electron chi connectivity index (χ0n) is 11.5. The minimum absolute atomic E-state index is 0.231. The SMILES string of the molecule is CNC(=O)ON=C1OC(C)(C)C(C)(C)N(C)C1=O. The van der Waals surface area contributed by atoms with Crippen LogP contribution in [0.2, 0.25) is 0 Å². The summed E-state index contributed by atoms with van der Waals surface area (Å²) in [5.41, 5.74) is -1.16. The van der Waals surface area contributed by atoms with Crippen molar-refractivity contribution >= 4 is 17.9 Å². The number of amides is 2. The Morgan fingerprint density at radius 1 is 1.39 bits per heavy atom. The van der Waals surface area contributed by atoms with Gasteiger partial charge in [-0.25, -0.2) is 4.79 Å². The number of hydrogen-bond acceptors (Lipinski definition) is 5. The van der Waals surface area contributed by atoms with Crippen LogP contribution in [0.3, 0.4) is 0 Å². The molecule has 1 fully saturated rings. The third kappa shape index (κ3) is 2.25. The monoisotopic (exact) mass is 257 g/mol. The van der Waals surface area contributed by atoms with Crippen molar-refractivity contribution in [2.75, 3.05) is 14.1 Å². The van der Waals surface area contributed by atoms with Gasteiger partial charge >= 0.3 is 17.9 Å². The van der Waals surface area contributed by atoms with Crippen LogP contribution in [0.25, 0.3) is 0 Å². The predicted octanol–water partition coefficient (Wildman–Crippen LogP) is 0.702. The normalized spacial score (nSPS) is 23.6. The van der Waals surface area contributed by atoms with Crippen molar-refractivity contribution in [1.29, 1.82) is 0 Å². The van der Waals surface area contributed by atoms with Crippen LogP contribution >= 0.6 is 0 Å². The second-order valence-corrected chi connectivity index (χ2v) is 5.06. The summed E-state index contributed by atoms with van der Waals surface area (Å²) in [5.74, 6) is -0.659. The number of morpholine rings is 1. The topological polar surface area (TPSA) is 80.2 Å². The van der Waals surface area contributed by atoms with E-state index < -0.39 is 23.1 Å². The van der Waals surface area contributed by atoms with Gasteiger partial charge in [-0.1, -0.05) is 0 Å². The van der Waals surface area contributed by atoms with Gasteiger partial charge in [-0.2, -0.15) is 0 Å². The Hall–Kier alpha value is -1.79. The van der Waals surface area contributed by atoms with Crippen LogP contribution in [0, 0.1) is 0 Å². The van der Waals surface area contributed by atoms with Crippen LogP contribution in [-0.2, 0) is 14.4 Å². The van der Waals surface area contributed by atoms with Crippen LogP contribution in [0.5, 0.6) is 0 Å². The van der Waals surface area contributed by atoms with Gasteiger partial charge in [-0.05, 0) is 32.9 Å². The van der Waals surface area contributed by atoms with Crippen molar-refractivity contribution in [3.63, 3.8) is 0 Å². The first-order chi connectivity index (χ1) is 8.13. The molecular weight excluding hydrogens is 238 g/mol. The van der Waals surface area contributed by atoms with Gasteiger partial charge < -0.3 is 15.0 Å². The van der Waals surface area contributed by atoms with E-state index >= 15 is 0 Å². The molecule has 0 radical (unpaired) electrons. The average Bonchev–Trinajstić information content (AvgIpc) is 2.30. The van der Waals surface area contributed by atoms with E-state index in [9.17, 15) is 9.59 Å². The molecule has 1 N–H and O–H groups in total. The Labute approximate surface area is 106 Å². The maximum atomic E-state index is 12.0. The zero-order valence-corrected chi connectivity index (χ0v) is 11.5. The summed E-state index contributed by atoms with van der Waals surface area (Å²) in [5, 5.41) is 5.66. The van der Waals surface area contributed by atoms with Crippen molar-refractivity contribution < 1.29 is 19.2 Å². The Bertz CT molecular complexity index is 401. The van der Waals surface area contributed by atoms with Crippen LogP contribution in [0.15, 0.2) is 5.16 Å². The van der Waals surface area contributed by atoms with E-state index in [-0.39, 0.29) is 5.90 Å². The van der Waals surface area contributed by atoms with E-state index in [2.05, 4.69) is 15.3 Å². The molecule has 0 saturated carbocycles. The first-order valence-electron chi connectivity index (χ1n) is 5.57. The lowest BCUT2D eigenvalue weighted by atomic mass is 9.83. The van der Waals surface area contributed by atoms with E-state index in [1.165, 1.54) is 11.9 Å². The molecule has 1 saturated heterocycles. The van der Waals surface area contributed by atoms with Crippen LogP contribution in [-0.4, -0.2) is 48.0 Å². The van der Waals surface area contributed by atoms with Gasteiger partial charge in [0.2, 0.25) is 0 Å². The molecule has 2 amide bonds. The minimum atomic E-state index is -0.760. The molecular formula is C11H19N3O4. The molecule has 0 aromatic carbocycles. The second-order valence-electron chi connectivity index (χ2n) is 5.06. The molecule has 0 atom stereocenters. The number of nitrogens with zero attached hydrogens (tertiary/aromatic N) is 2. The van der Waals surface area contributed by atoms with Gasteiger partial charge in [-0.3, -0.25) is 9.63 Å². The molecule has 102 valence electrons. The number of carbonyl (C=O) groups excluding carboxylic acids is 2. The average molecular weight is 257 g/mol.